The van der Waals surface area contributed by atoms with Crippen molar-refractivity contribution < 1.29 is 28.5 Å². The number of hydrogen-bond donors (Lipinski definition) is 0. The number of nitrogens with zero attached hydrogens (tertiary/aromatic N) is 2. The van der Waals surface area contributed by atoms with Crippen molar-refractivity contribution in [3.05, 3.63) is 48.3 Å². The second-order valence-electron chi connectivity index (χ2n) is 4.15. The number of benzene rings is 1. The molecule has 0 saturated carbocycles. The van der Waals surface area contributed by atoms with Gasteiger partial charge in [-0.05, 0) is 19.1 Å². The lowest BCUT2D eigenvalue weighted by Gasteiger charge is -2.02. The Morgan fingerprint density at radius 2 is 1.82 bits per heavy atom. The molecule has 0 aliphatic heterocycles. The maximum absolute atomic E-state index is 4.64. The van der Waals surface area contributed by atoms with Crippen molar-refractivity contribution in [2.24, 2.45) is 7.05 Å². The molecule has 3 aromatic rings. The quantitative estimate of drug-likeness (QED) is 0.308. The van der Waals surface area contributed by atoms with Crippen molar-refractivity contribution in [2.75, 3.05) is 0 Å². The van der Waals surface area contributed by atoms with Gasteiger partial charge in [-0.3, -0.25) is 0 Å². The fourth-order valence-corrected chi connectivity index (χ4v) is 2.14. The summed E-state index contributed by atoms with van der Waals surface area (Å²) in [6.07, 6.45) is 2.15. The van der Waals surface area contributed by atoms with E-state index in [0.717, 1.165) is 11.2 Å². The largest absolute Gasteiger partial charge is 1.00 e. The Labute approximate surface area is 117 Å². The smallest absolute Gasteiger partial charge is 0.231 e. The molecule has 2 nitrogen and oxygen atoms in total. The van der Waals surface area contributed by atoms with Crippen LogP contribution in [0.2, 0.25) is 0 Å². The van der Waals surface area contributed by atoms with Gasteiger partial charge in [0.15, 0.2) is 6.20 Å². The van der Waals surface area contributed by atoms with Gasteiger partial charge >= 0.3 is 0 Å². The second kappa shape index (κ2) is 4.56. The number of fused-ring (bicyclic) bond motifs is 3. The first-order chi connectivity index (χ1) is 7.75. The van der Waals surface area contributed by atoms with Crippen molar-refractivity contribution in [3.8, 4) is 0 Å². The van der Waals surface area contributed by atoms with Crippen LogP contribution in [0.5, 0.6) is 0 Å². The molecule has 0 bridgehead atoms. The molecular weight excluding hydrogens is 323 g/mol. The summed E-state index contributed by atoms with van der Waals surface area (Å²) >= 11 is 0. The summed E-state index contributed by atoms with van der Waals surface area (Å²) in [6.45, 7) is 2.03. The molecule has 0 spiro atoms. The predicted octanol–water partition coefficient (Wildman–Crippen LogP) is -0.475. The molecule has 0 amide bonds. The minimum Gasteiger partial charge on any atom is -1.00 e. The van der Waals surface area contributed by atoms with Crippen LogP contribution >= 0.6 is 0 Å². The van der Waals surface area contributed by atoms with Gasteiger partial charge in [-0.1, -0.05) is 18.2 Å². The minimum atomic E-state index is 0. The van der Waals surface area contributed by atoms with Crippen LogP contribution in [-0.4, -0.2) is 4.98 Å². The zero-order valence-electron chi connectivity index (χ0n) is 9.81. The van der Waals surface area contributed by atoms with E-state index in [2.05, 4.69) is 59.2 Å². The topological polar surface area (TPSA) is 16.8 Å². The van der Waals surface area contributed by atoms with Crippen LogP contribution in [0.25, 0.3) is 21.8 Å². The monoisotopic (exact) mass is 336 g/mol. The van der Waals surface area contributed by atoms with Gasteiger partial charge in [-0.2, -0.15) is 4.57 Å². The van der Waals surface area contributed by atoms with Gasteiger partial charge in [0.1, 0.15) is 12.6 Å². The average molecular weight is 336 g/mol. The zero-order chi connectivity index (χ0) is 11.1. The molecule has 0 aliphatic rings. The third-order valence-electron chi connectivity index (χ3n) is 2.94. The number of aromatic nitrogens is 2. The molecule has 2 aromatic heterocycles. The van der Waals surface area contributed by atoms with E-state index < -0.39 is 0 Å². The summed E-state index contributed by atoms with van der Waals surface area (Å²) in [5, 5.41) is 2.45. The molecule has 0 saturated heterocycles. The lowest BCUT2D eigenvalue weighted by molar-refractivity contribution is -0.643. The summed E-state index contributed by atoms with van der Waals surface area (Å²) < 4.78 is 2.13. The third-order valence-corrected chi connectivity index (χ3v) is 2.94. The zero-order valence-corrected chi connectivity index (χ0v) is 12.0. The maximum Gasteiger partial charge on any atom is 0.231 e. The first-order valence-electron chi connectivity index (χ1n) is 5.40. The number of halogens is 1. The minimum absolute atomic E-state index is 0. The highest BCUT2D eigenvalue weighted by Crippen LogP contribution is 2.20. The van der Waals surface area contributed by atoms with E-state index in [1.54, 1.807) is 0 Å². The summed E-state index contributed by atoms with van der Waals surface area (Å²) in [7, 11) is 2.06. The second-order valence-corrected chi connectivity index (χ2v) is 4.15. The van der Waals surface area contributed by atoms with Crippen molar-refractivity contribution >= 4 is 21.8 Å². The van der Waals surface area contributed by atoms with E-state index in [4.69, 9.17) is 0 Å². The number of aryl methyl sites for hydroxylation is 2. The molecule has 3 heteroatoms. The Morgan fingerprint density at radius 3 is 2.65 bits per heavy atom. The SMILES string of the molecule is Cc1ccc2c(n1)c1ccccc1c[n+]2C.[I-]. The number of pyridine rings is 2. The van der Waals surface area contributed by atoms with E-state index in [0.29, 0.717) is 0 Å². The van der Waals surface area contributed by atoms with Crippen LogP contribution in [0.3, 0.4) is 0 Å². The lowest BCUT2D eigenvalue weighted by atomic mass is 10.1. The molecule has 86 valence electrons. The molecule has 0 fully saturated rings. The van der Waals surface area contributed by atoms with Gasteiger partial charge < -0.3 is 24.0 Å². The van der Waals surface area contributed by atoms with Crippen molar-refractivity contribution in [2.45, 2.75) is 6.92 Å². The fourth-order valence-electron chi connectivity index (χ4n) is 2.14. The van der Waals surface area contributed by atoms with Gasteiger partial charge in [-0.15, -0.1) is 0 Å². The summed E-state index contributed by atoms with van der Waals surface area (Å²) in [5.41, 5.74) is 3.31. The van der Waals surface area contributed by atoms with E-state index >= 15 is 0 Å². The number of hydrogen-bond acceptors (Lipinski definition) is 1. The van der Waals surface area contributed by atoms with Crippen LogP contribution in [0, 0.1) is 6.92 Å². The van der Waals surface area contributed by atoms with E-state index in [1.807, 2.05) is 6.92 Å². The highest BCUT2D eigenvalue weighted by Gasteiger charge is 2.10. The van der Waals surface area contributed by atoms with Crippen LogP contribution in [0.4, 0.5) is 0 Å². The highest BCUT2D eigenvalue weighted by molar-refractivity contribution is 6.01. The number of rotatable bonds is 0. The van der Waals surface area contributed by atoms with Crippen LogP contribution in [0.15, 0.2) is 42.6 Å². The van der Waals surface area contributed by atoms with Gasteiger partial charge in [0.05, 0.1) is 0 Å². The predicted molar refractivity (Wildman–Crippen MR) is 65.2 cm³/mol. The maximum atomic E-state index is 4.64. The van der Waals surface area contributed by atoms with Crippen molar-refractivity contribution in [3.63, 3.8) is 0 Å². The molecule has 3 rings (SSSR count). The van der Waals surface area contributed by atoms with E-state index in [-0.39, 0.29) is 24.0 Å². The first kappa shape index (κ1) is 12.2. The van der Waals surface area contributed by atoms with Gasteiger partial charge in [0, 0.05) is 22.5 Å². The van der Waals surface area contributed by atoms with Gasteiger partial charge in [0.2, 0.25) is 5.52 Å². The Balaban J connectivity index is 0.00000108. The normalized spacial score (nSPS) is 10.5. The van der Waals surface area contributed by atoms with Crippen molar-refractivity contribution in [1.82, 2.24) is 4.98 Å². The van der Waals surface area contributed by atoms with Gasteiger partial charge in [0.25, 0.3) is 0 Å². The van der Waals surface area contributed by atoms with Gasteiger partial charge in [-0.25, -0.2) is 4.98 Å². The standard InChI is InChI=1S/C14H13N2.HI/c1-10-7-8-13-14(15-10)12-6-4-3-5-11(12)9-16(13)2;/h3-9H,1-2H3;1H/q+1;/p-1. The lowest BCUT2D eigenvalue weighted by Crippen LogP contribution is -3.00. The molecular formula is C14H13IN2. The first-order valence-corrected chi connectivity index (χ1v) is 5.40. The molecule has 2 heterocycles. The van der Waals surface area contributed by atoms with E-state index in [9.17, 15) is 0 Å². The van der Waals surface area contributed by atoms with Crippen LogP contribution < -0.4 is 28.5 Å². The fraction of sp³-hybridized carbons (Fsp3) is 0.143. The average Bonchev–Trinajstić information content (AvgIpc) is 2.29. The van der Waals surface area contributed by atoms with Crippen molar-refractivity contribution in [1.29, 1.82) is 0 Å². The Kier molecular flexibility index (Phi) is 3.28. The summed E-state index contributed by atoms with van der Waals surface area (Å²) in [4.78, 5) is 4.64. The Morgan fingerprint density at radius 1 is 1.06 bits per heavy atom. The summed E-state index contributed by atoms with van der Waals surface area (Å²) in [5.74, 6) is 0. The molecule has 0 radical (unpaired) electrons. The highest BCUT2D eigenvalue weighted by atomic mass is 127. The van der Waals surface area contributed by atoms with E-state index in [1.165, 1.54) is 16.3 Å². The third kappa shape index (κ3) is 1.99. The molecule has 0 atom stereocenters. The van der Waals surface area contributed by atoms with Crippen LogP contribution in [0.1, 0.15) is 5.69 Å². The molecule has 0 unspecified atom stereocenters. The Hall–Kier alpha value is -1.23. The summed E-state index contributed by atoms with van der Waals surface area (Å²) in [6, 6.07) is 12.6. The Bertz CT molecular complexity index is 692. The molecule has 0 N–H and O–H groups in total. The van der Waals surface area contributed by atoms with Crippen LogP contribution in [-0.2, 0) is 7.05 Å². The molecule has 17 heavy (non-hydrogen) atoms. The molecule has 1 aromatic carbocycles. The molecule has 0 aliphatic carbocycles.